The predicted molar refractivity (Wildman–Crippen MR) is 82.4 cm³/mol. The standard InChI is InChI=1S/C17H18F2N2O4/c1-10-4-13(25-20-10)6-12-8-21(9-14(12)22)7-11-2-3-15-16(5-11)24-17(18,19)23-15/h2-5,12,14,22H,6-9H2,1H3/t12-,14-/m1/s1. The number of halogens is 2. The van der Waals surface area contributed by atoms with E-state index >= 15 is 0 Å². The fraction of sp³-hybridized carbons (Fsp3) is 0.471. The molecule has 25 heavy (non-hydrogen) atoms. The van der Waals surface area contributed by atoms with Crippen molar-refractivity contribution in [2.24, 2.45) is 5.92 Å². The van der Waals surface area contributed by atoms with Crippen LogP contribution in [-0.2, 0) is 13.0 Å². The Labute approximate surface area is 142 Å². The molecule has 0 amide bonds. The van der Waals surface area contributed by atoms with Gasteiger partial charge in [-0.25, -0.2) is 0 Å². The number of β-amino-alcohol motifs (C(OH)–C–C–N with tert-alkyl or cyclic N) is 1. The summed E-state index contributed by atoms with van der Waals surface area (Å²) >= 11 is 0. The van der Waals surface area contributed by atoms with Crippen molar-refractivity contribution < 1.29 is 27.9 Å². The minimum Gasteiger partial charge on any atom is -0.395 e. The fourth-order valence-electron chi connectivity index (χ4n) is 3.39. The third-order valence-electron chi connectivity index (χ3n) is 4.49. The molecule has 1 fully saturated rings. The van der Waals surface area contributed by atoms with Gasteiger partial charge in [-0.15, -0.1) is 8.78 Å². The maximum absolute atomic E-state index is 13.1. The number of hydrogen-bond acceptors (Lipinski definition) is 6. The van der Waals surface area contributed by atoms with Gasteiger partial charge in [0.05, 0.1) is 11.8 Å². The Hall–Kier alpha value is -2.19. The lowest BCUT2D eigenvalue weighted by Gasteiger charge is -2.15. The second-order valence-electron chi connectivity index (χ2n) is 6.61. The van der Waals surface area contributed by atoms with Crippen LogP contribution >= 0.6 is 0 Å². The van der Waals surface area contributed by atoms with E-state index in [4.69, 9.17) is 4.52 Å². The van der Waals surface area contributed by atoms with Crippen molar-refractivity contribution in [3.05, 3.63) is 41.3 Å². The van der Waals surface area contributed by atoms with Crippen molar-refractivity contribution in [2.75, 3.05) is 13.1 Å². The molecule has 2 aliphatic rings. The lowest BCUT2D eigenvalue weighted by Crippen LogP contribution is -2.26. The van der Waals surface area contributed by atoms with Crippen LogP contribution in [0.3, 0.4) is 0 Å². The molecule has 0 spiro atoms. The van der Waals surface area contributed by atoms with Crippen LogP contribution in [0, 0.1) is 12.8 Å². The van der Waals surface area contributed by atoms with E-state index in [-0.39, 0.29) is 17.4 Å². The average Bonchev–Trinajstić information content (AvgIpc) is 3.16. The lowest BCUT2D eigenvalue weighted by molar-refractivity contribution is -0.286. The maximum Gasteiger partial charge on any atom is 0.586 e. The molecule has 4 rings (SSSR count). The monoisotopic (exact) mass is 352 g/mol. The summed E-state index contributed by atoms with van der Waals surface area (Å²) < 4.78 is 40.3. The van der Waals surface area contributed by atoms with E-state index in [1.54, 1.807) is 12.1 Å². The van der Waals surface area contributed by atoms with Gasteiger partial charge < -0.3 is 19.1 Å². The highest BCUT2D eigenvalue weighted by molar-refractivity contribution is 5.45. The first-order chi connectivity index (χ1) is 11.9. The molecule has 1 aromatic heterocycles. The smallest absolute Gasteiger partial charge is 0.395 e. The molecule has 6 nitrogen and oxygen atoms in total. The van der Waals surface area contributed by atoms with Crippen molar-refractivity contribution in [3.8, 4) is 11.5 Å². The molecular formula is C17H18F2N2O4. The van der Waals surface area contributed by atoms with Crippen molar-refractivity contribution >= 4 is 0 Å². The van der Waals surface area contributed by atoms with Crippen LogP contribution in [0.2, 0.25) is 0 Å². The second-order valence-corrected chi connectivity index (χ2v) is 6.61. The Morgan fingerprint density at radius 3 is 2.80 bits per heavy atom. The van der Waals surface area contributed by atoms with Crippen LogP contribution in [-0.4, -0.2) is 40.7 Å². The van der Waals surface area contributed by atoms with E-state index in [0.717, 1.165) is 17.0 Å². The summed E-state index contributed by atoms with van der Waals surface area (Å²) in [5, 5.41) is 14.1. The molecule has 2 atom stereocenters. The quantitative estimate of drug-likeness (QED) is 0.911. The van der Waals surface area contributed by atoms with Crippen LogP contribution in [0.25, 0.3) is 0 Å². The third kappa shape index (κ3) is 3.45. The van der Waals surface area contributed by atoms with Crippen LogP contribution in [0.1, 0.15) is 17.0 Å². The van der Waals surface area contributed by atoms with Crippen LogP contribution < -0.4 is 9.47 Å². The maximum atomic E-state index is 13.1. The molecule has 2 aromatic rings. The van der Waals surface area contributed by atoms with Gasteiger partial charge in [0.15, 0.2) is 11.5 Å². The predicted octanol–water partition coefficient (Wildman–Crippen LogP) is 2.34. The highest BCUT2D eigenvalue weighted by Crippen LogP contribution is 2.41. The molecule has 2 aliphatic heterocycles. The Bertz CT molecular complexity index is 780. The van der Waals surface area contributed by atoms with E-state index in [1.165, 1.54) is 6.07 Å². The second kappa shape index (κ2) is 5.96. The number of hydrogen-bond donors (Lipinski definition) is 1. The average molecular weight is 352 g/mol. The summed E-state index contributed by atoms with van der Waals surface area (Å²) in [7, 11) is 0. The minimum absolute atomic E-state index is 0.0359. The highest BCUT2D eigenvalue weighted by Gasteiger charge is 2.43. The number of alkyl halides is 2. The molecule has 1 saturated heterocycles. The number of ether oxygens (including phenoxy) is 2. The summed E-state index contributed by atoms with van der Waals surface area (Å²) in [6.45, 7) is 3.59. The van der Waals surface area contributed by atoms with Gasteiger partial charge in [-0.3, -0.25) is 4.90 Å². The van der Waals surface area contributed by atoms with Crippen LogP contribution in [0.5, 0.6) is 11.5 Å². The largest absolute Gasteiger partial charge is 0.586 e. The van der Waals surface area contributed by atoms with E-state index in [2.05, 4.69) is 19.5 Å². The zero-order valence-electron chi connectivity index (χ0n) is 13.6. The van der Waals surface area contributed by atoms with Crippen molar-refractivity contribution in [2.45, 2.75) is 32.3 Å². The molecule has 0 radical (unpaired) electrons. The van der Waals surface area contributed by atoms with Gasteiger partial charge in [0, 0.05) is 38.0 Å². The van der Waals surface area contributed by atoms with Gasteiger partial charge in [0.2, 0.25) is 0 Å². The Morgan fingerprint density at radius 1 is 1.24 bits per heavy atom. The number of benzene rings is 1. The van der Waals surface area contributed by atoms with E-state index in [1.807, 2.05) is 13.0 Å². The number of likely N-dealkylation sites (tertiary alicyclic amines) is 1. The van der Waals surface area contributed by atoms with Crippen molar-refractivity contribution in [3.63, 3.8) is 0 Å². The molecule has 0 aliphatic carbocycles. The minimum atomic E-state index is -3.61. The summed E-state index contributed by atoms with van der Waals surface area (Å²) in [5.74, 6) is 0.879. The number of aliphatic hydroxyl groups is 1. The first-order valence-electron chi connectivity index (χ1n) is 8.09. The Kier molecular flexibility index (Phi) is 3.88. The van der Waals surface area contributed by atoms with Crippen LogP contribution in [0.4, 0.5) is 8.78 Å². The van der Waals surface area contributed by atoms with E-state index < -0.39 is 12.4 Å². The highest BCUT2D eigenvalue weighted by atomic mass is 19.3. The number of aryl methyl sites for hydroxylation is 1. The molecule has 0 saturated carbocycles. The van der Waals surface area contributed by atoms with Gasteiger partial charge in [-0.2, -0.15) is 0 Å². The molecule has 0 unspecified atom stereocenters. The topological polar surface area (TPSA) is 68.0 Å². The Morgan fingerprint density at radius 2 is 2.04 bits per heavy atom. The Balaban J connectivity index is 1.39. The van der Waals surface area contributed by atoms with Gasteiger partial charge in [0.25, 0.3) is 0 Å². The molecule has 134 valence electrons. The molecule has 1 N–H and O–H groups in total. The SMILES string of the molecule is Cc1cc(C[C@@H]2CN(Cc3ccc4c(c3)OC(F)(F)O4)C[C@H]2O)on1. The summed E-state index contributed by atoms with van der Waals surface area (Å²) in [6, 6.07) is 6.62. The molecule has 3 heterocycles. The number of aromatic nitrogens is 1. The first-order valence-corrected chi connectivity index (χ1v) is 8.09. The number of fused-ring (bicyclic) bond motifs is 1. The normalized spacial score (nSPS) is 24.8. The van der Waals surface area contributed by atoms with Crippen molar-refractivity contribution in [1.29, 1.82) is 0 Å². The number of nitrogens with zero attached hydrogens (tertiary/aromatic N) is 2. The zero-order valence-corrected chi connectivity index (χ0v) is 13.6. The first kappa shape index (κ1) is 16.3. The summed E-state index contributed by atoms with van der Waals surface area (Å²) in [4.78, 5) is 2.08. The van der Waals surface area contributed by atoms with Gasteiger partial charge in [-0.05, 0) is 24.6 Å². The van der Waals surface area contributed by atoms with E-state index in [9.17, 15) is 13.9 Å². The molecule has 8 heteroatoms. The van der Waals surface area contributed by atoms with Gasteiger partial charge in [-0.1, -0.05) is 11.2 Å². The van der Waals surface area contributed by atoms with Crippen molar-refractivity contribution in [1.82, 2.24) is 10.1 Å². The van der Waals surface area contributed by atoms with Gasteiger partial charge in [0.1, 0.15) is 5.76 Å². The lowest BCUT2D eigenvalue weighted by atomic mass is 10.0. The zero-order chi connectivity index (χ0) is 17.6. The van der Waals surface area contributed by atoms with E-state index in [0.29, 0.717) is 26.1 Å². The molecule has 1 aromatic carbocycles. The van der Waals surface area contributed by atoms with Gasteiger partial charge >= 0.3 is 6.29 Å². The number of rotatable bonds is 4. The molecular weight excluding hydrogens is 334 g/mol. The number of aliphatic hydroxyl groups excluding tert-OH is 1. The molecule has 0 bridgehead atoms. The summed E-state index contributed by atoms with van der Waals surface area (Å²) in [6.07, 6.45) is -3.46. The fourth-order valence-corrected chi connectivity index (χ4v) is 3.39. The summed E-state index contributed by atoms with van der Waals surface area (Å²) in [5.41, 5.74) is 1.64. The third-order valence-corrected chi connectivity index (χ3v) is 4.49. The van der Waals surface area contributed by atoms with Crippen LogP contribution in [0.15, 0.2) is 28.8 Å².